The van der Waals surface area contributed by atoms with E-state index in [0.717, 1.165) is 12.1 Å². The van der Waals surface area contributed by atoms with Crippen LogP contribution in [0.25, 0.3) is 0 Å². The smallest absolute Gasteiger partial charge is 0.411 e. The average molecular weight is 178 g/mol. The van der Waals surface area contributed by atoms with E-state index >= 15 is 0 Å². The number of benzene rings is 1. The molecule has 0 saturated carbocycles. The molecule has 3 nitrogen and oxygen atoms in total. The lowest BCUT2D eigenvalue weighted by atomic mass is 10.3. The topological polar surface area (TPSA) is 38.3 Å². The third-order valence-corrected chi connectivity index (χ3v) is 1.40. The lowest BCUT2D eigenvalue weighted by Gasteiger charge is -2.04. The highest BCUT2D eigenvalue weighted by Crippen LogP contribution is 2.04. The van der Waals surface area contributed by atoms with Gasteiger partial charge in [0, 0.05) is 5.69 Å². The Morgan fingerprint density at radius 2 is 2.23 bits per heavy atom. The van der Waals surface area contributed by atoms with Gasteiger partial charge in [0.2, 0.25) is 0 Å². The van der Waals surface area contributed by atoms with Crippen molar-refractivity contribution < 1.29 is 9.53 Å². The second-order valence-corrected chi connectivity index (χ2v) is 2.55. The Labute approximate surface area is 77.7 Å². The lowest BCUT2D eigenvalue weighted by molar-refractivity contribution is 0.161. The van der Waals surface area contributed by atoms with Crippen LogP contribution in [0.4, 0.5) is 10.5 Å². The van der Waals surface area contributed by atoms with Crippen molar-refractivity contribution >= 4 is 11.8 Å². The van der Waals surface area contributed by atoms with Crippen LogP contribution < -0.4 is 5.32 Å². The Kier molecular flexibility index (Phi) is 3.82. The van der Waals surface area contributed by atoms with E-state index in [1.165, 1.54) is 0 Å². The minimum Gasteiger partial charge on any atom is -0.449 e. The Morgan fingerprint density at radius 3 is 2.85 bits per heavy atom. The highest BCUT2D eigenvalue weighted by Gasteiger charge is 2.00. The highest BCUT2D eigenvalue weighted by atomic mass is 16.5. The van der Waals surface area contributed by atoms with Crippen LogP contribution in [0.3, 0.4) is 0 Å². The maximum atomic E-state index is 11.0. The summed E-state index contributed by atoms with van der Waals surface area (Å²) in [7, 11) is 0. The molecular formula is C10H12NO2. The Hall–Kier alpha value is -1.51. The van der Waals surface area contributed by atoms with E-state index in [0.29, 0.717) is 6.61 Å². The molecule has 69 valence electrons. The number of hydrogen-bond donors (Lipinski definition) is 1. The number of amides is 1. The fourth-order valence-corrected chi connectivity index (χ4v) is 0.819. The van der Waals surface area contributed by atoms with E-state index in [9.17, 15) is 4.79 Å². The van der Waals surface area contributed by atoms with Crippen LogP contribution in [0.15, 0.2) is 24.3 Å². The number of carbonyl (C=O) groups is 1. The normalized spacial score (nSPS) is 9.31. The average Bonchev–Trinajstić information content (AvgIpc) is 2.16. The van der Waals surface area contributed by atoms with E-state index in [2.05, 4.69) is 11.4 Å². The van der Waals surface area contributed by atoms with Crippen LogP contribution in [0.2, 0.25) is 0 Å². The molecule has 0 heterocycles. The zero-order valence-corrected chi connectivity index (χ0v) is 7.54. The maximum absolute atomic E-state index is 11.0. The first-order chi connectivity index (χ1) is 6.33. The molecule has 1 aromatic rings. The predicted octanol–water partition coefficient (Wildman–Crippen LogP) is 2.45. The van der Waals surface area contributed by atoms with Crippen LogP contribution in [-0.2, 0) is 4.74 Å². The van der Waals surface area contributed by atoms with Crippen molar-refractivity contribution in [3.8, 4) is 0 Å². The number of nitrogens with one attached hydrogen (secondary N) is 1. The van der Waals surface area contributed by atoms with Gasteiger partial charge in [0.1, 0.15) is 0 Å². The molecule has 0 spiro atoms. The van der Waals surface area contributed by atoms with Gasteiger partial charge < -0.3 is 4.74 Å². The third kappa shape index (κ3) is 3.60. The van der Waals surface area contributed by atoms with Crippen LogP contribution in [0, 0.1) is 6.07 Å². The van der Waals surface area contributed by atoms with E-state index in [4.69, 9.17) is 4.74 Å². The van der Waals surface area contributed by atoms with E-state index in [1.54, 1.807) is 24.3 Å². The molecule has 0 aromatic heterocycles. The van der Waals surface area contributed by atoms with Gasteiger partial charge in [0.15, 0.2) is 0 Å². The summed E-state index contributed by atoms with van der Waals surface area (Å²) in [6.45, 7) is 2.40. The SMILES string of the molecule is CCCOC(=O)Nc1cc[c]cc1. The zero-order chi connectivity index (χ0) is 9.52. The van der Waals surface area contributed by atoms with Crippen molar-refractivity contribution in [2.45, 2.75) is 13.3 Å². The fourth-order valence-electron chi connectivity index (χ4n) is 0.819. The molecule has 0 aliphatic heterocycles. The van der Waals surface area contributed by atoms with Crippen LogP contribution in [0.1, 0.15) is 13.3 Å². The number of hydrogen-bond acceptors (Lipinski definition) is 2. The quantitative estimate of drug-likeness (QED) is 0.772. The van der Waals surface area contributed by atoms with Gasteiger partial charge in [-0.2, -0.15) is 0 Å². The molecule has 1 aromatic carbocycles. The molecule has 0 aliphatic rings. The molecule has 0 unspecified atom stereocenters. The summed E-state index contributed by atoms with van der Waals surface area (Å²) in [6.07, 6.45) is 0.420. The van der Waals surface area contributed by atoms with Crippen LogP contribution in [-0.4, -0.2) is 12.7 Å². The molecule has 0 atom stereocenters. The molecule has 0 aliphatic carbocycles. The van der Waals surface area contributed by atoms with E-state index in [-0.39, 0.29) is 0 Å². The van der Waals surface area contributed by atoms with Crippen molar-refractivity contribution in [3.63, 3.8) is 0 Å². The van der Waals surface area contributed by atoms with Crippen molar-refractivity contribution in [2.75, 3.05) is 11.9 Å². The molecule has 1 amide bonds. The van der Waals surface area contributed by atoms with Gasteiger partial charge in [0.05, 0.1) is 6.61 Å². The summed E-state index contributed by atoms with van der Waals surface area (Å²) in [4.78, 5) is 11.0. The Morgan fingerprint density at radius 1 is 1.54 bits per heavy atom. The lowest BCUT2D eigenvalue weighted by Crippen LogP contribution is -2.13. The molecule has 3 heteroatoms. The van der Waals surface area contributed by atoms with E-state index < -0.39 is 6.09 Å². The maximum Gasteiger partial charge on any atom is 0.411 e. The highest BCUT2D eigenvalue weighted by molar-refractivity contribution is 5.84. The van der Waals surface area contributed by atoms with Gasteiger partial charge in [-0.05, 0) is 24.6 Å². The summed E-state index contributed by atoms with van der Waals surface area (Å²) >= 11 is 0. The largest absolute Gasteiger partial charge is 0.449 e. The minimum absolute atomic E-state index is 0.409. The van der Waals surface area contributed by atoms with Crippen molar-refractivity contribution in [1.29, 1.82) is 0 Å². The van der Waals surface area contributed by atoms with Crippen LogP contribution >= 0.6 is 0 Å². The molecule has 0 saturated heterocycles. The minimum atomic E-state index is -0.409. The summed E-state index contributed by atoms with van der Waals surface area (Å²) in [6, 6.07) is 9.83. The Balaban J connectivity index is 2.37. The number of carbonyl (C=O) groups excluding carboxylic acids is 1. The van der Waals surface area contributed by atoms with Gasteiger partial charge >= 0.3 is 6.09 Å². The first-order valence-electron chi connectivity index (χ1n) is 4.23. The summed E-state index contributed by atoms with van der Waals surface area (Å²) < 4.78 is 4.83. The second-order valence-electron chi connectivity index (χ2n) is 2.55. The monoisotopic (exact) mass is 178 g/mol. The standard InChI is InChI=1S/C10H12NO2/c1-2-8-13-10(12)11-9-6-4-3-5-7-9/h4-7H,2,8H2,1H3,(H,11,12). The van der Waals surface area contributed by atoms with Gasteiger partial charge in [-0.25, -0.2) is 4.79 Å². The molecule has 1 radical (unpaired) electrons. The third-order valence-electron chi connectivity index (χ3n) is 1.40. The van der Waals surface area contributed by atoms with E-state index in [1.807, 2.05) is 6.92 Å². The van der Waals surface area contributed by atoms with Crippen molar-refractivity contribution in [3.05, 3.63) is 30.3 Å². The first kappa shape index (κ1) is 9.58. The molecule has 13 heavy (non-hydrogen) atoms. The van der Waals surface area contributed by atoms with Crippen molar-refractivity contribution in [2.24, 2.45) is 0 Å². The van der Waals surface area contributed by atoms with Gasteiger partial charge in [-0.3, -0.25) is 5.32 Å². The fraction of sp³-hybridized carbons (Fsp3) is 0.300. The Bertz CT molecular complexity index is 259. The van der Waals surface area contributed by atoms with Gasteiger partial charge in [-0.1, -0.05) is 19.1 Å². The first-order valence-corrected chi connectivity index (χ1v) is 4.23. The summed E-state index contributed by atoms with van der Waals surface area (Å²) in [5.74, 6) is 0. The molecule has 1 N–H and O–H groups in total. The predicted molar refractivity (Wildman–Crippen MR) is 50.5 cm³/mol. The molecule has 0 bridgehead atoms. The van der Waals surface area contributed by atoms with Gasteiger partial charge in [-0.15, -0.1) is 0 Å². The molecule has 0 fully saturated rings. The van der Waals surface area contributed by atoms with Crippen LogP contribution in [0.5, 0.6) is 0 Å². The number of ether oxygens (including phenoxy) is 1. The number of anilines is 1. The number of rotatable bonds is 3. The summed E-state index contributed by atoms with van der Waals surface area (Å²) in [5, 5.41) is 2.60. The molecule has 1 rings (SSSR count). The summed E-state index contributed by atoms with van der Waals surface area (Å²) in [5.41, 5.74) is 0.722. The van der Waals surface area contributed by atoms with Crippen molar-refractivity contribution in [1.82, 2.24) is 0 Å². The molecular weight excluding hydrogens is 166 g/mol. The zero-order valence-electron chi connectivity index (χ0n) is 7.54. The van der Waals surface area contributed by atoms with Gasteiger partial charge in [0.25, 0.3) is 0 Å². The second kappa shape index (κ2) is 5.19.